The summed E-state index contributed by atoms with van der Waals surface area (Å²) < 4.78 is 4.63. The summed E-state index contributed by atoms with van der Waals surface area (Å²) in [5, 5.41) is 10.9. The second-order valence-electron chi connectivity index (χ2n) is 2.67. The molecule has 0 aliphatic heterocycles. The van der Waals surface area contributed by atoms with Crippen LogP contribution in [0.2, 0.25) is 0 Å². The average molecular weight is 224 g/mol. The number of aliphatic carboxylic acids is 1. The Labute approximate surface area is 87.4 Å². The monoisotopic (exact) mass is 223 g/mol. The van der Waals surface area contributed by atoms with Crippen molar-refractivity contribution in [3.8, 4) is 0 Å². The Hall–Kier alpha value is -0.970. The Morgan fingerprint density at radius 1 is 1.57 bits per heavy atom. The maximum atomic E-state index is 11.0. The fourth-order valence-corrected chi connectivity index (χ4v) is 0.925. The van der Waals surface area contributed by atoms with Crippen LogP contribution in [-0.4, -0.2) is 35.7 Å². The zero-order valence-corrected chi connectivity index (χ0v) is 8.71. The van der Waals surface area contributed by atoms with Crippen molar-refractivity contribution in [1.29, 1.82) is 0 Å². The van der Waals surface area contributed by atoms with E-state index >= 15 is 0 Å². The highest BCUT2D eigenvalue weighted by molar-refractivity contribution is 6.18. The molecule has 82 valence electrons. The van der Waals surface area contributed by atoms with E-state index in [2.05, 4.69) is 10.1 Å². The first kappa shape index (κ1) is 13.0. The topological polar surface area (TPSA) is 75.6 Å². The summed E-state index contributed by atoms with van der Waals surface area (Å²) in [5.74, 6) is -0.724. The van der Waals surface area contributed by atoms with Gasteiger partial charge in [-0.25, -0.2) is 4.79 Å². The molecule has 0 spiro atoms. The van der Waals surface area contributed by atoms with Crippen LogP contribution in [-0.2, 0) is 9.53 Å². The van der Waals surface area contributed by atoms with E-state index in [4.69, 9.17) is 16.7 Å². The number of carbonyl (C=O) groups is 2. The molecule has 1 unspecified atom stereocenters. The van der Waals surface area contributed by atoms with Crippen molar-refractivity contribution in [2.45, 2.75) is 25.8 Å². The number of amides is 1. The van der Waals surface area contributed by atoms with Gasteiger partial charge in [0.05, 0.1) is 12.3 Å². The van der Waals surface area contributed by atoms with Gasteiger partial charge in [-0.05, 0) is 6.42 Å². The summed E-state index contributed by atoms with van der Waals surface area (Å²) in [6.45, 7) is 1.91. The minimum Gasteiger partial charge on any atom is -0.481 e. The van der Waals surface area contributed by atoms with Crippen LogP contribution in [0.25, 0.3) is 0 Å². The summed E-state index contributed by atoms with van der Waals surface area (Å²) in [6, 6.07) is -0.393. The first-order valence-electron chi connectivity index (χ1n) is 4.31. The number of halogens is 1. The molecule has 0 aromatic heterocycles. The van der Waals surface area contributed by atoms with Crippen molar-refractivity contribution in [3.05, 3.63) is 0 Å². The number of nitrogens with one attached hydrogen (secondary N) is 1. The van der Waals surface area contributed by atoms with Gasteiger partial charge < -0.3 is 15.2 Å². The number of carboxylic acids is 1. The van der Waals surface area contributed by atoms with E-state index in [0.717, 1.165) is 0 Å². The van der Waals surface area contributed by atoms with E-state index in [1.54, 1.807) is 6.92 Å². The molecule has 0 aromatic rings. The number of carboxylic acid groups (broad SMARTS) is 1. The van der Waals surface area contributed by atoms with Crippen LogP contribution in [0.15, 0.2) is 0 Å². The lowest BCUT2D eigenvalue weighted by Gasteiger charge is -2.14. The van der Waals surface area contributed by atoms with Gasteiger partial charge in [0, 0.05) is 6.04 Å². The molecule has 14 heavy (non-hydrogen) atoms. The van der Waals surface area contributed by atoms with E-state index in [-0.39, 0.29) is 18.9 Å². The molecule has 0 radical (unpaired) electrons. The van der Waals surface area contributed by atoms with E-state index in [9.17, 15) is 9.59 Å². The Morgan fingerprint density at radius 3 is 2.64 bits per heavy atom. The molecule has 0 aliphatic rings. The second-order valence-corrected chi connectivity index (χ2v) is 3.05. The normalized spacial score (nSPS) is 11.9. The number of hydrogen-bond acceptors (Lipinski definition) is 3. The predicted octanol–water partition coefficient (Wildman–Crippen LogP) is 1.20. The van der Waals surface area contributed by atoms with E-state index < -0.39 is 18.1 Å². The van der Waals surface area contributed by atoms with Crippen molar-refractivity contribution in [2.75, 3.05) is 12.5 Å². The summed E-state index contributed by atoms with van der Waals surface area (Å²) in [4.78, 5) is 21.3. The SMILES string of the molecule is CCC(CC(=O)O)NC(=O)OCCCl. The van der Waals surface area contributed by atoms with Gasteiger partial charge in [-0.2, -0.15) is 0 Å². The largest absolute Gasteiger partial charge is 0.481 e. The van der Waals surface area contributed by atoms with Gasteiger partial charge in [0.15, 0.2) is 0 Å². The molecule has 0 saturated carbocycles. The van der Waals surface area contributed by atoms with Crippen LogP contribution in [0, 0.1) is 0 Å². The molecule has 0 aliphatic carbocycles. The van der Waals surface area contributed by atoms with Gasteiger partial charge in [0.25, 0.3) is 0 Å². The molecular weight excluding hydrogens is 210 g/mol. The fraction of sp³-hybridized carbons (Fsp3) is 0.750. The van der Waals surface area contributed by atoms with Crippen LogP contribution < -0.4 is 5.32 Å². The molecule has 1 atom stereocenters. The predicted molar refractivity (Wildman–Crippen MR) is 51.5 cm³/mol. The highest BCUT2D eigenvalue weighted by Crippen LogP contribution is 1.98. The number of alkyl carbamates (subject to hydrolysis) is 1. The maximum Gasteiger partial charge on any atom is 0.407 e. The third-order valence-electron chi connectivity index (χ3n) is 1.55. The standard InChI is InChI=1S/C8H14ClNO4/c1-2-6(5-7(11)12)10-8(13)14-4-3-9/h6H,2-5H2,1H3,(H,10,13)(H,11,12). The quantitative estimate of drug-likeness (QED) is 0.664. The highest BCUT2D eigenvalue weighted by atomic mass is 35.5. The molecular formula is C8H14ClNO4. The lowest BCUT2D eigenvalue weighted by atomic mass is 10.1. The van der Waals surface area contributed by atoms with Crippen molar-refractivity contribution >= 4 is 23.7 Å². The zero-order valence-electron chi connectivity index (χ0n) is 7.96. The van der Waals surface area contributed by atoms with Crippen LogP contribution in [0.1, 0.15) is 19.8 Å². The molecule has 0 aromatic carbocycles. The summed E-state index contributed by atoms with van der Waals surface area (Å²) in [6.07, 6.45) is -0.187. The zero-order chi connectivity index (χ0) is 11.0. The van der Waals surface area contributed by atoms with Gasteiger partial charge in [0.1, 0.15) is 6.61 Å². The molecule has 0 heterocycles. The van der Waals surface area contributed by atoms with E-state index in [1.165, 1.54) is 0 Å². The third kappa shape index (κ3) is 6.54. The lowest BCUT2D eigenvalue weighted by Crippen LogP contribution is -2.36. The Bertz CT molecular complexity index is 198. The van der Waals surface area contributed by atoms with Gasteiger partial charge in [-0.15, -0.1) is 11.6 Å². The van der Waals surface area contributed by atoms with Crippen LogP contribution in [0.5, 0.6) is 0 Å². The van der Waals surface area contributed by atoms with Crippen molar-refractivity contribution in [1.82, 2.24) is 5.32 Å². The molecule has 0 bridgehead atoms. The minimum atomic E-state index is -0.950. The summed E-state index contributed by atoms with van der Waals surface area (Å²) in [5.41, 5.74) is 0. The lowest BCUT2D eigenvalue weighted by molar-refractivity contribution is -0.137. The van der Waals surface area contributed by atoms with Crippen molar-refractivity contribution < 1.29 is 19.4 Å². The molecule has 2 N–H and O–H groups in total. The molecule has 0 rings (SSSR count). The van der Waals surface area contributed by atoms with Crippen molar-refractivity contribution in [2.24, 2.45) is 0 Å². The van der Waals surface area contributed by atoms with Crippen molar-refractivity contribution in [3.63, 3.8) is 0 Å². The van der Waals surface area contributed by atoms with E-state index in [1.807, 2.05) is 0 Å². The highest BCUT2D eigenvalue weighted by Gasteiger charge is 2.14. The van der Waals surface area contributed by atoms with Crippen LogP contribution in [0.4, 0.5) is 4.79 Å². The molecule has 0 saturated heterocycles. The van der Waals surface area contributed by atoms with Crippen LogP contribution >= 0.6 is 11.6 Å². The average Bonchev–Trinajstić information content (AvgIpc) is 2.12. The number of ether oxygens (including phenoxy) is 1. The van der Waals surface area contributed by atoms with Gasteiger partial charge in [-0.1, -0.05) is 6.92 Å². The Balaban J connectivity index is 3.80. The van der Waals surface area contributed by atoms with Gasteiger partial charge in [0.2, 0.25) is 0 Å². The summed E-state index contributed by atoms with van der Waals surface area (Å²) in [7, 11) is 0. The first-order valence-corrected chi connectivity index (χ1v) is 4.84. The molecule has 6 heteroatoms. The minimum absolute atomic E-state index is 0.105. The fourth-order valence-electron chi connectivity index (χ4n) is 0.848. The number of rotatable bonds is 6. The molecule has 1 amide bonds. The first-order chi connectivity index (χ1) is 6.60. The van der Waals surface area contributed by atoms with Gasteiger partial charge in [-0.3, -0.25) is 4.79 Å². The molecule has 0 fully saturated rings. The van der Waals surface area contributed by atoms with E-state index in [0.29, 0.717) is 6.42 Å². The van der Waals surface area contributed by atoms with Gasteiger partial charge >= 0.3 is 12.1 Å². The Kier molecular flexibility index (Phi) is 6.92. The Morgan fingerprint density at radius 2 is 2.21 bits per heavy atom. The third-order valence-corrected chi connectivity index (χ3v) is 1.70. The number of carbonyl (C=O) groups excluding carboxylic acids is 1. The second kappa shape index (κ2) is 7.44. The van der Waals surface area contributed by atoms with Crippen LogP contribution in [0.3, 0.4) is 0 Å². The number of alkyl halides is 1. The smallest absolute Gasteiger partial charge is 0.407 e. The number of hydrogen-bond donors (Lipinski definition) is 2. The summed E-state index contributed by atoms with van der Waals surface area (Å²) >= 11 is 5.30. The maximum absolute atomic E-state index is 11.0. The molecule has 5 nitrogen and oxygen atoms in total.